The number of carbonyl (C=O) groups excluding carboxylic acids is 1. The van der Waals surface area contributed by atoms with Gasteiger partial charge in [0.25, 0.3) is 5.91 Å². The van der Waals surface area contributed by atoms with Crippen LogP contribution in [0.15, 0.2) is 24.3 Å². The lowest BCUT2D eigenvalue weighted by atomic mass is 9.99. The van der Waals surface area contributed by atoms with Gasteiger partial charge in [-0.15, -0.1) is 0 Å². The zero-order valence-electron chi connectivity index (χ0n) is 17.6. The molecule has 2 N–H and O–H groups in total. The summed E-state index contributed by atoms with van der Waals surface area (Å²) in [7, 11) is 0. The van der Waals surface area contributed by atoms with Crippen LogP contribution in [0.5, 0.6) is 5.75 Å². The van der Waals surface area contributed by atoms with Crippen LogP contribution >= 0.6 is 0 Å². The average molecular weight is 422 g/mol. The summed E-state index contributed by atoms with van der Waals surface area (Å²) in [6.07, 6.45) is 1.80. The highest BCUT2D eigenvalue weighted by atomic mass is 16.5. The number of benzene rings is 1. The number of carbonyl (C=O) groups is 2. The van der Waals surface area contributed by atoms with E-state index in [4.69, 9.17) is 9.72 Å². The van der Waals surface area contributed by atoms with E-state index < -0.39 is 6.09 Å². The molecule has 0 spiro atoms. The molecule has 31 heavy (non-hydrogen) atoms. The van der Waals surface area contributed by atoms with Crippen LogP contribution < -0.4 is 15.0 Å². The number of amides is 2. The van der Waals surface area contributed by atoms with Gasteiger partial charge in [0.2, 0.25) is 0 Å². The number of rotatable bonds is 3. The van der Waals surface area contributed by atoms with E-state index in [1.807, 2.05) is 25.1 Å². The van der Waals surface area contributed by atoms with E-state index in [0.717, 1.165) is 60.7 Å². The molecule has 0 atom stereocenters. The first-order valence-corrected chi connectivity index (χ1v) is 10.8. The van der Waals surface area contributed by atoms with Crippen molar-refractivity contribution in [2.75, 3.05) is 24.5 Å². The molecule has 1 fully saturated rings. The van der Waals surface area contributed by atoms with Crippen molar-refractivity contribution in [3.63, 3.8) is 0 Å². The van der Waals surface area contributed by atoms with Crippen LogP contribution in [0.2, 0.25) is 0 Å². The fourth-order valence-corrected chi connectivity index (χ4v) is 4.70. The van der Waals surface area contributed by atoms with Gasteiger partial charge in [0.15, 0.2) is 0 Å². The van der Waals surface area contributed by atoms with Crippen LogP contribution in [-0.4, -0.2) is 52.7 Å². The van der Waals surface area contributed by atoms with Gasteiger partial charge in [-0.1, -0.05) is 6.07 Å². The van der Waals surface area contributed by atoms with Crippen molar-refractivity contribution < 1.29 is 19.4 Å². The van der Waals surface area contributed by atoms with Crippen molar-refractivity contribution in [1.82, 2.24) is 15.2 Å². The molecule has 1 saturated heterocycles. The highest BCUT2D eigenvalue weighted by Gasteiger charge is 2.27. The first-order valence-electron chi connectivity index (χ1n) is 10.8. The van der Waals surface area contributed by atoms with Crippen molar-refractivity contribution in [3.05, 3.63) is 52.2 Å². The Bertz CT molecular complexity index is 1050. The molecule has 0 saturated carbocycles. The van der Waals surface area contributed by atoms with Gasteiger partial charge < -0.3 is 25.0 Å². The molecule has 2 amide bonds. The van der Waals surface area contributed by atoms with Gasteiger partial charge in [-0.2, -0.15) is 0 Å². The van der Waals surface area contributed by atoms with Gasteiger partial charge in [0.05, 0.1) is 17.8 Å². The van der Waals surface area contributed by atoms with E-state index >= 15 is 0 Å². The van der Waals surface area contributed by atoms with E-state index in [9.17, 15) is 14.7 Å². The molecule has 0 bridgehead atoms. The van der Waals surface area contributed by atoms with Gasteiger partial charge in [-0.25, -0.2) is 9.78 Å². The van der Waals surface area contributed by atoms with Crippen molar-refractivity contribution >= 4 is 17.8 Å². The summed E-state index contributed by atoms with van der Waals surface area (Å²) in [4.78, 5) is 31.5. The fraction of sp³-hybridized carbons (Fsp3) is 0.435. The number of fused-ring (bicyclic) bond motifs is 2. The van der Waals surface area contributed by atoms with E-state index in [-0.39, 0.29) is 12.0 Å². The monoisotopic (exact) mass is 422 g/mol. The molecule has 0 radical (unpaired) electrons. The van der Waals surface area contributed by atoms with Gasteiger partial charge >= 0.3 is 6.09 Å². The largest absolute Gasteiger partial charge is 0.490 e. The number of piperidine rings is 1. The number of carboxylic acid groups (broad SMARTS) is 1. The topological polar surface area (TPSA) is 95.0 Å². The SMILES string of the molecule is Cc1cc2c(nc1N1CCC(Oc3ccc4c(c3)CCN(C(=O)O)C4)CC1)CNC2=O. The minimum atomic E-state index is -0.867. The van der Waals surface area contributed by atoms with Crippen LogP contribution in [0.4, 0.5) is 10.6 Å². The number of hydrogen-bond donors (Lipinski definition) is 2. The Morgan fingerprint density at radius 3 is 2.77 bits per heavy atom. The lowest BCUT2D eigenvalue weighted by Crippen LogP contribution is -2.39. The summed E-state index contributed by atoms with van der Waals surface area (Å²) < 4.78 is 6.27. The Morgan fingerprint density at radius 2 is 2.00 bits per heavy atom. The third kappa shape index (κ3) is 3.78. The summed E-state index contributed by atoms with van der Waals surface area (Å²) in [5, 5.41) is 12.0. The first-order chi connectivity index (χ1) is 15.0. The molecule has 8 heteroatoms. The van der Waals surface area contributed by atoms with Crippen LogP contribution in [-0.2, 0) is 19.5 Å². The number of aromatic nitrogens is 1. The highest BCUT2D eigenvalue weighted by Crippen LogP contribution is 2.29. The Labute approximate surface area is 180 Å². The summed E-state index contributed by atoms with van der Waals surface area (Å²) in [5.74, 6) is 1.79. The number of ether oxygens (including phenoxy) is 1. The molecule has 5 rings (SSSR count). The second-order valence-electron chi connectivity index (χ2n) is 8.49. The van der Waals surface area contributed by atoms with E-state index in [2.05, 4.69) is 16.3 Å². The fourth-order valence-electron chi connectivity index (χ4n) is 4.70. The van der Waals surface area contributed by atoms with Crippen molar-refractivity contribution in [2.45, 2.75) is 45.4 Å². The molecule has 1 aromatic heterocycles. The van der Waals surface area contributed by atoms with E-state index in [1.165, 1.54) is 10.5 Å². The minimum absolute atomic E-state index is 0.0371. The average Bonchev–Trinajstić information content (AvgIpc) is 3.13. The number of anilines is 1. The molecule has 8 nitrogen and oxygen atoms in total. The quantitative estimate of drug-likeness (QED) is 0.790. The van der Waals surface area contributed by atoms with E-state index in [1.54, 1.807) is 0 Å². The molecular weight excluding hydrogens is 396 g/mol. The van der Waals surface area contributed by atoms with Crippen LogP contribution in [0.3, 0.4) is 0 Å². The van der Waals surface area contributed by atoms with Gasteiger partial charge in [0.1, 0.15) is 17.7 Å². The van der Waals surface area contributed by atoms with Crippen molar-refractivity contribution in [1.29, 1.82) is 0 Å². The maximum Gasteiger partial charge on any atom is 0.407 e. The molecule has 3 aliphatic rings. The van der Waals surface area contributed by atoms with Crippen molar-refractivity contribution in [2.24, 2.45) is 0 Å². The van der Waals surface area contributed by atoms with Crippen LogP contribution in [0.1, 0.15) is 45.6 Å². The summed E-state index contributed by atoms with van der Waals surface area (Å²) in [5.41, 5.74) is 4.79. The molecule has 162 valence electrons. The minimum Gasteiger partial charge on any atom is -0.490 e. The zero-order valence-corrected chi connectivity index (χ0v) is 17.6. The number of aryl methyl sites for hydroxylation is 1. The number of nitrogens with one attached hydrogen (secondary N) is 1. The molecule has 3 aliphatic heterocycles. The maximum atomic E-state index is 11.8. The molecule has 2 aromatic rings. The van der Waals surface area contributed by atoms with Crippen LogP contribution in [0.25, 0.3) is 0 Å². The normalized spacial score (nSPS) is 18.4. The van der Waals surface area contributed by atoms with Crippen molar-refractivity contribution in [3.8, 4) is 5.75 Å². The first kappa shape index (κ1) is 19.7. The Morgan fingerprint density at radius 1 is 1.19 bits per heavy atom. The summed E-state index contributed by atoms with van der Waals surface area (Å²) in [6, 6.07) is 7.95. The molecule has 0 aliphatic carbocycles. The predicted octanol–water partition coefficient (Wildman–Crippen LogP) is 2.72. The molecular formula is C23H26N4O4. The lowest BCUT2D eigenvalue weighted by Gasteiger charge is -2.34. The standard InChI is InChI=1S/C23H26N4O4/c1-14-10-19-20(12-24-22(19)28)25-21(14)26-8-5-17(6-9-26)31-18-3-2-16-13-27(23(29)30)7-4-15(16)11-18/h2-3,10-11,17H,4-9,12-13H2,1H3,(H,24,28)(H,29,30). The maximum absolute atomic E-state index is 11.8. The third-order valence-electron chi connectivity index (χ3n) is 6.43. The van der Waals surface area contributed by atoms with Gasteiger partial charge in [-0.3, -0.25) is 4.79 Å². The third-order valence-corrected chi connectivity index (χ3v) is 6.43. The Hall–Kier alpha value is -3.29. The molecule has 0 unspecified atom stereocenters. The van der Waals surface area contributed by atoms with E-state index in [0.29, 0.717) is 25.2 Å². The Kier molecular flexibility index (Phi) is 4.92. The second-order valence-corrected chi connectivity index (χ2v) is 8.49. The summed E-state index contributed by atoms with van der Waals surface area (Å²) in [6.45, 7) is 5.20. The van der Waals surface area contributed by atoms with Crippen LogP contribution in [0, 0.1) is 6.92 Å². The van der Waals surface area contributed by atoms with Gasteiger partial charge in [0, 0.05) is 39.0 Å². The predicted molar refractivity (Wildman–Crippen MR) is 115 cm³/mol. The zero-order chi connectivity index (χ0) is 21.5. The second kappa shape index (κ2) is 7.76. The Balaban J connectivity index is 1.21. The number of hydrogen-bond acceptors (Lipinski definition) is 5. The molecule has 1 aromatic carbocycles. The molecule has 4 heterocycles. The number of pyridine rings is 1. The lowest BCUT2D eigenvalue weighted by molar-refractivity contribution is 0.0965. The highest BCUT2D eigenvalue weighted by molar-refractivity contribution is 5.98. The summed E-state index contributed by atoms with van der Waals surface area (Å²) >= 11 is 0. The van der Waals surface area contributed by atoms with Gasteiger partial charge in [-0.05, 0) is 48.2 Å². The number of nitrogens with zero attached hydrogens (tertiary/aromatic N) is 3. The smallest absolute Gasteiger partial charge is 0.407 e.